The van der Waals surface area contributed by atoms with Gasteiger partial charge in [-0.15, -0.1) is 0 Å². The minimum Gasteiger partial charge on any atom is -0.462 e. The number of carbonyl (C=O) groups excluding carboxylic acids is 3. The summed E-state index contributed by atoms with van der Waals surface area (Å²) >= 11 is 0. The average molecular weight is 1020 g/mol. The van der Waals surface area contributed by atoms with Crippen LogP contribution in [0.1, 0.15) is 329 Å². The summed E-state index contributed by atoms with van der Waals surface area (Å²) in [6.07, 6.45) is 78.6. The van der Waals surface area contributed by atoms with Crippen LogP contribution < -0.4 is 0 Å². The molecule has 0 aliphatic rings. The molecule has 0 aromatic heterocycles. The zero-order valence-electron chi connectivity index (χ0n) is 48.7. The van der Waals surface area contributed by atoms with E-state index in [0.29, 0.717) is 19.3 Å². The number of esters is 3. The summed E-state index contributed by atoms with van der Waals surface area (Å²) in [6.45, 7) is 6.47. The second kappa shape index (κ2) is 61.7. The molecule has 1 unspecified atom stereocenters. The number of rotatable bonds is 58. The van der Waals surface area contributed by atoms with Crippen LogP contribution in [-0.2, 0) is 28.6 Å². The highest BCUT2D eigenvalue weighted by molar-refractivity contribution is 5.71. The van der Waals surface area contributed by atoms with Crippen LogP contribution in [0.25, 0.3) is 0 Å². The summed E-state index contributed by atoms with van der Waals surface area (Å²) in [4.78, 5) is 37.9. The van der Waals surface area contributed by atoms with E-state index in [0.717, 1.165) is 96.3 Å². The van der Waals surface area contributed by atoms with Gasteiger partial charge in [-0.3, -0.25) is 14.4 Å². The first kappa shape index (κ1) is 70.1. The van der Waals surface area contributed by atoms with Crippen molar-refractivity contribution in [3.63, 3.8) is 0 Å². The molecule has 0 saturated heterocycles. The largest absolute Gasteiger partial charge is 0.462 e. The summed E-state index contributed by atoms with van der Waals surface area (Å²) < 4.78 is 16.8. The summed E-state index contributed by atoms with van der Waals surface area (Å²) in [5, 5.41) is 0. The van der Waals surface area contributed by atoms with Crippen molar-refractivity contribution in [2.75, 3.05) is 13.2 Å². The van der Waals surface area contributed by atoms with Crippen molar-refractivity contribution < 1.29 is 28.6 Å². The van der Waals surface area contributed by atoms with Gasteiger partial charge in [-0.1, -0.05) is 287 Å². The number of unbranched alkanes of at least 4 members (excludes halogenated alkanes) is 37. The van der Waals surface area contributed by atoms with Crippen molar-refractivity contribution in [1.29, 1.82) is 0 Å². The number of allylic oxidation sites excluding steroid dienone is 10. The monoisotopic (exact) mass is 1020 g/mol. The van der Waals surface area contributed by atoms with Crippen molar-refractivity contribution >= 4 is 17.9 Å². The van der Waals surface area contributed by atoms with Gasteiger partial charge in [-0.2, -0.15) is 0 Å². The van der Waals surface area contributed by atoms with E-state index in [1.807, 2.05) is 0 Å². The predicted molar refractivity (Wildman–Crippen MR) is 316 cm³/mol. The van der Waals surface area contributed by atoms with Crippen LogP contribution in [0.5, 0.6) is 0 Å². The van der Waals surface area contributed by atoms with Crippen LogP contribution in [0.15, 0.2) is 60.8 Å². The third-order valence-corrected chi connectivity index (χ3v) is 14.0. The first-order valence-corrected chi connectivity index (χ1v) is 31.8. The van der Waals surface area contributed by atoms with E-state index in [1.165, 1.54) is 193 Å². The second-order valence-electron chi connectivity index (χ2n) is 21.3. The molecule has 0 N–H and O–H groups in total. The van der Waals surface area contributed by atoms with Gasteiger partial charge in [0, 0.05) is 19.3 Å². The second-order valence-corrected chi connectivity index (χ2v) is 21.3. The molecule has 0 rings (SSSR count). The van der Waals surface area contributed by atoms with E-state index in [1.54, 1.807) is 0 Å². The Hall–Kier alpha value is -2.89. The summed E-state index contributed by atoms with van der Waals surface area (Å²) in [5.74, 6) is -0.884. The molecule has 0 radical (unpaired) electrons. The molecule has 0 aliphatic carbocycles. The lowest BCUT2D eigenvalue weighted by Gasteiger charge is -2.18. The van der Waals surface area contributed by atoms with Crippen LogP contribution in [0, 0.1) is 0 Å². The van der Waals surface area contributed by atoms with Crippen LogP contribution >= 0.6 is 0 Å². The summed E-state index contributed by atoms with van der Waals surface area (Å²) in [5.41, 5.74) is 0. The van der Waals surface area contributed by atoms with Crippen LogP contribution in [-0.4, -0.2) is 37.2 Å². The Balaban J connectivity index is 3.99. The summed E-state index contributed by atoms with van der Waals surface area (Å²) in [7, 11) is 0. The third kappa shape index (κ3) is 59.9. The van der Waals surface area contributed by atoms with Gasteiger partial charge in [0.25, 0.3) is 0 Å². The Bertz CT molecular complexity index is 1310. The Morgan fingerprint density at radius 2 is 0.534 bits per heavy atom. The molecule has 0 amide bonds. The first-order chi connectivity index (χ1) is 36.0. The molecular formula is C67H120O6. The first-order valence-electron chi connectivity index (χ1n) is 31.8. The quantitative estimate of drug-likeness (QED) is 0.0261. The van der Waals surface area contributed by atoms with E-state index in [-0.39, 0.29) is 31.1 Å². The fourth-order valence-electron chi connectivity index (χ4n) is 9.25. The molecule has 6 heteroatoms. The number of hydrogen-bond acceptors (Lipinski definition) is 6. The van der Waals surface area contributed by atoms with Gasteiger partial charge in [0.2, 0.25) is 0 Å². The molecule has 0 bridgehead atoms. The number of carbonyl (C=O) groups is 3. The Kier molecular flexibility index (Phi) is 59.2. The highest BCUT2D eigenvalue weighted by Gasteiger charge is 2.19. The van der Waals surface area contributed by atoms with E-state index in [2.05, 4.69) is 81.5 Å². The standard InChI is InChI=1S/C67H120O6/c1-4-7-10-13-15-17-19-21-23-25-27-29-30-31-32-33-34-35-36-38-39-41-43-45-47-49-51-54-57-60-66(69)72-63-64(62-71-65(68)59-56-53-12-9-6-3)73-67(70)61-58-55-52-50-48-46-44-42-40-37-28-26-24-22-20-18-16-14-11-8-5-2/h8,11,16,18,22,24-25,27-28,37,64H,4-7,9-10,12-15,17,19-21,23,26,29-36,38-63H2,1-3H3/b11-8-,18-16-,24-22-,27-25-,37-28-. The van der Waals surface area contributed by atoms with Crippen LogP contribution in [0.2, 0.25) is 0 Å². The molecular weight excluding hydrogens is 901 g/mol. The molecule has 73 heavy (non-hydrogen) atoms. The van der Waals surface area contributed by atoms with E-state index >= 15 is 0 Å². The topological polar surface area (TPSA) is 78.9 Å². The molecule has 0 heterocycles. The van der Waals surface area contributed by atoms with E-state index in [9.17, 15) is 14.4 Å². The minimum atomic E-state index is -0.774. The lowest BCUT2D eigenvalue weighted by Crippen LogP contribution is -2.30. The normalized spacial score (nSPS) is 12.4. The van der Waals surface area contributed by atoms with Gasteiger partial charge in [-0.05, 0) is 83.5 Å². The van der Waals surface area contributed by atoms with Gasteiger partial charge in [0.1, 0.15) is 13.2 Å². The SMILES string of the molecule is CC/C=C\C/C=C\C/C=C\C/C=C\CCCCCCCCCCC(=O)OC(COC(=O)CCCCCCC)COC(=O)CCCCCCCCCCCCCCCCCCC/C=C\CCCCCCCCCC. The molecule has 6 nitrogen and oxygen atoms in total. The van der Waals surface area contributed by atoms with Gasteiger partial charge in [0.05, 0.1) is 0 Å². The molecule has 0 spiro atoms. The molecule has 424 valence electrons. The molecule has 0 aromatic rings. The van der Waals surface area contributed by atoms with Gasteiger partial charge >= 0.3 is 17.9 Å². The zero-order chi connectivity index (χ0) is 52.9. The Morgan fingerprint density at radius 3 is 0.849 bits per heavy atom. The molecule has 0 saturated carbocycles. The van der Waals surface area contributed by atoms with Gasteiger partial charge in [-0.25, -0.2) is 0 Å². The van der Waals surface area contributed by atoms with Crippen molar-refractivity contribution in [1.82, 2.24) is 0 Å². The zero-order valence-corrected chi connectivity index (χ0v) is 48.7. The van der Waals surface area contributed by atoms with Gasteiger partial charge in [0.15, 0.2) is 6.10 Å². The highest BCUT2D eigenvalue weighted by atomic mass is 16.6. The maximum atomic E-state index is 12.8. The number of ether oxygens (including phenoxy) is 3. The van der Waals surface area contributed by atoms with Crippen LogP contribution in [0.3, 0.4) is 0 Å². The van der Waals surface area contributed by atoms with Crippen molar-refractivity contribution in [3.05, 3.63) is 60.8 Å². The minimum absolute atomic E-state index is 0.0750. The smallest absolute Gasteiger partial charge is 0.306 e. The molecule has 0 fully saturated rings. The van der Waals surface area contributed by atoms with Crippen molar-refractivity contribution in [3.8, 4) is 0 Å². The molecule has 1 atom stereocenters. The number of hydrogen-bond donors (Lipinski definition) is 0. The Morgan fingerprint density at radius 1 is 0.288 bits per heavy atom. The van der Waals surface area contributed by atoms with E-state index < -0.39 is 6.10 Å². The lowest BCUT2D eigenvalue weighted by molar-refractivity contribution is -0.167. The maximum Gasteiger partial charge on any atom is 0.306 e. The molecule has 0 aromatic carbocycles. The van der Waals surface area contributed by atoms with Crippen molar-refractivity contribution in [2.45, 2.75) is 335 Å². The fraction of sp³-hybridized carbons (Fsp3) is 0.806. The van der Waals surface area contributed by atoms with Crippen LogP contribution in [0.4, 0.5) is 0 Å². The van der Waals surface area contributed by atoms with Gasteiger partial charge < -0.3 is 14.2 Å². The highest BCUT2D eigenvalue weighted by Crippen LogP contribution is 2.17. The lowest BCUT2D eigenvalue weighted by atomic mass is 10.0. The van der Waals surface area contributed by atoms with E-state index in [4.69, 9.17) is 14.2 Å². The summed E-state index contributed by atoms with van der Waals surface area (Å²) in [6, 6.07) is 0. The molecule has 0 aliphatic heterocycles. The third-order valence-electron chi connectivity index (χ3n) is 14.0. The predicted octanol–water partition coefficient (Wildman–Crippen LogP) is 21.6. The Labute approximate surface area is 453 Å². The average Bonchev–Trinajstić information content (AvgIpc) is 3.39. The van der Waals surface area contributed by atoms with Crippen molar-refractivity contribution in [2.24, 2.45) is 0 Å². The maximum absolute atomic E-state index is 12.8. The fourth-order valence-corrected chi connectivity index (χ4v) is 9.25.